The summed E-state index contributed by atoms with van der Waals surface area (Å²) < 4.78 is 18.4. The van der Waals surface area contributed by atoms with Crippen LogP contribution in [0.2, 0.25) is 0 Å². The van der Waals surface area contributed by atoms with Gasteiger partial charge in [-0.15, -0.1) is 0 Å². The summed E-state index contributed by atoms with van der Waals surface area (Å²) in [6.45, 7) is 3.55. The highest BCUT2D eigenvalue weighted by atomic mass is 19.1. The molecule has 2 aliphatic rings. The van der Waals surface area contributed by atoms with E-state index in [9.17, 15) is 18.8 Å². The number of esters is 1. The molecule has 2 aromatic rings. The van der Waals surface area contributed by atoms with Crippen molar-refractivity contribution in [3.05, 3.63) is 65.5 Å². The number of nitrogens with zero attached hydrogens (tertiary/aromatic N) is 1. The Labute approximate surface area is 167 Å². The Bertz CT molecular complexity index is 989. The number of quaternary nitrogens is 1. The monoisotopic (exact) mass is 397 g/mol. The molecule has 150 valence electrons. The van der Waals surface area contributed by atoms with Gasteiger partial charge in [-0.2, -0.15) is 0 Å². The summed E-state index contributed by atoms with van der Waals surface area (Å²) in [4.78, 5) is 40.6. The van der Waals surface area contributed by atoms with Crippen LogP contribution in [0.5, 0.6) is 0 Å². The van der Waals surface area contributed by atoms with Gasteiger partial charge in [-0.05, 0) is 31.2 Å². The highest BCUT2D eigenvalue weighted by molar-refractivity contribution is 6.23. The molecule has 2 aliphatic heterocycles. The molecule has 2 amide bonds. The van der Waals surface area contributed by atoms with Crippen molar-refractivity contribution in [2.24, 2.45) is 11.8 Å². The Morgan fingerprint density at radius 2 is 1.69 bits per heavy atom. The van der Waals surface area contributed by atoms with Gasteiger partial charge in [-0.3, -0.25) is 9.59 Å². The number of carbonyl (C=O) groups excluding carboxylic acids is 3. The molecule has 2 aromatic carbocycles. The zero-order valence-electron chi connectivity index (χ0n) is 16.4. The molecule has 0 radical (unpaired) electrons. The second-order valence-electron chi connectivity index (χ2n) is 7.87. The van der Waals surface area contributed by atoms with Gasteiger partial charge >= 0.3 is 5.97 Å². The minimum Gasteiger partial charge on any atom is -0.464 e. The Hall–Kier alpha value is -3.06. The van der Waals surface area contributed by atoms with E-state index in [0.29, 0.717) is 11.3 Å². The molecule has 0 saturated carbocycles. The molecule has 0 unspecified atom stereocenters. The van der Waals surface area contributed by atoms with Crippen molar-refractivity contribution in [1.82, 2.24) is 0 Å². The molecular formula is C22H22FN2O4+. The van der Waals surface area contributed by atoms with Gasteiger partial charge in [0.2, 0.25) is 17.4 Å². The maximum Gasteiger partial charge on any atom is 0.368 e. The van der Waals surface area contributed by atoms with E-state index in [1.165, 1.54) is 24.1 Å². The highest BCUT2D eigenvalue weighted by Gasteiger charge is 2.70. The number of fused-ring (bicyclic) bond motifs is 1. The first-order valence-corrected chi connectivity index (χ1v) is 9.42. The van der Waals surface area contributed by atoms with Gasteiger partial charge in [0.15, 0.2) is 0 Å². The Kier molecular flexibility index (Phi) is 4.50. The van der Waals surface area contributed by atoms with Crippen molar-refractivity contribution in [2.75, 3.05) is 12.0 Å². The lowest BCUT2D eigenvalue weighted by molar-refractivity contribution is -0.730. The lowest BCUT2D eigenvalue weighted by Gasteiger charge is -2.25. The van der Waals surface area contributed by atoms with Crippen LogP contribution in [0.1, 0.15) is 24.1 Å². The second kappa shape index (κ2) is 6.77. The van der Waals surface area contributed by atoms with Crippen LogP contribution >= 0.6 is 0 Å². The molecule has 7 heteroatoms. The standard InChI is InChI=1S/C22H21FN2O4/c1-12-4-10-15(11-5-12)25-19(26)16-17(20(25)27)22(2,21(28)29-3)24-18(16)13-6-8-14(23)9-7-13/h4-11,16-18,24H,1-3H3/p+1/t16-,17-,18-,22+/m0/s1. The molecule has 2 saturated heterocycles. The summed E-state index contributed by atoms with van der Waals surface area (Å²) in [6.07, 6.45) is 0. The van der Waals surface area contributed by atoms with Crippen molar-refractivity contribution in [3.63, 3.8) is 0 Å². The first-order chi connectivity index (χ1) is 13.8. The number of ether oxygens (including phenoxy) is 1. The quantitative estimate of drug-likeness (QED) is 0.629. The summed E-state index contributed by atoms with van der Waals surface area (Å²) >= 11 is 0. The van der Waals surface area contributed by atoms with Crippen molar-refractivity contribution in [1.29, 1.82) is 0 Å². The van der Waals surface area contributed by atoms with Crippen molar-refractivity contribution in [2.45, 2.75) is 25.4 Å². The first-order valence-electron chi connectivity index (χ1n) is 9.42. The Balaban J connectivity index is 1.81. The van der Waals surface area contributed by atoms with Crippen LogP contribution in [0.4, 0.5) is 10.1 Å². The van der Waals surface area contributed by atoms with E-state index >= 15 is 0 Å². The molecule has 4 atom stereocenters. The Morgan fingerprint density at radius 1 is 1.07 bits per heavy atom. The third kappa shape index (κ3) is 2.84. The van der Waals surface area contributed by atoms with E-state index in [4.69, 9.17) is 4.74 Å². The summed E-state index contributed by atoms with van der Waals surface area (Å²) in [5.74, 6) is -3.37. The fraction of sp³-hybridized carbons (Fsp3) is 0.318. The van der Waals surface area contributed by atoms with Gasteiger partial charge < -0.3 is 10.1 Å². The fourth-order valence-electron chi connectivity index (χ4n) is 4.62. The Morgan fingerprint density at radius 3 is 2.28 bits per heavy atom. The van der Waals surface area contributed by atoms with E-state index in [0.717, 1.165) is 5.56 Å². The minimum atomic E-state index is -1.26. The van der Waals surface area contributed by atoms with Crippen LogP contribution in [0.15, 0.2) is 48.5 Å². The predicted molar refractivity (Wildman–Crippen MR) is 102 cm³/mol. The normalized spacial score (nSPS) is 28.6. The molecule has 6 nitrogen and oxygen atoms in total. The number of carbonyl (C=O) groups is 3. The van der Waals surface area contributed by atoms with Crippen molar-refractivity contribution < 1.29 is 28.8 Å². The second-order valence-corrected chi connectivity index (χ2v) is 7.87. The number of rotatable bonds is 3. The molecule has 0 bridgehead atoms. The third-order valence-corrected chi connectivity index (χ3v) is 6.08. The largest absolute Gasteiger partial charge is 0.464 e. The predicted octanol–water partition coefficient (Wildman–Crippen LogP) is 1.49. The SMILES string of the molecule is COC(=O)[C@]1(C)[NH2+][C@@H](c2ccc(F)cc2)[C@H]2C(=O)N(c3ccc(C)cc3)C(=O)[C@H]21. The average Bonchev–Trinajstić information content (AvgIpc) is 3.17. The molecule has 2 N–H and O–H groups in total. The van der Waals surface area contributed by atoms with Crippen LogP contribution in [0.25, 0.3) is 0 Å². The smallest absolute Gasteiger partial charge is 0.368 e. The van der Waals surface area contributed by atoms with Crippen molar-refractivity contribution in [3.8, 4) is 0 Å². The van der Waals surface area contributed by atoms with Gasteiger partial charge in [0.25, 0.3) is 0 Å². The van der Waals surface area contributed by atoms with E-state index in [1.54, 1.807) is 36.5 Å². The van der Waals surface area contributed by atoms with Gasteiger partial charge in [0.05, 0.1) is 12.8 Å². The van der Waals surface area contributed by atoms with Gasteiger partial charge in [0, 0.05) is 12.5 Å². The fourth-order valence-corrected chi connectivity index (χ4v) is 4.62. The number of halogens is 1. The van der Waals surface area contributed by atoms with Crippen molar-refractivity contribution >= 4 is 23.5 Å². The maximum absolute atomic E-state index is 13.4. The molecule has 2 fully saturated rings. The molecule has 0 aliphatic carbocycles. The van der Waals surface area contributed by atoms with E-state index in [2.05, 4.69) is 0 Å². The van der Waals surface area contributed by atoms with Crippen LogP contribution < -0.4 is 10.2 Å². The molecule has 2 heterocycles. The number of benzene rings is 2. The average molecular weight is 397 g/mol. The molecular weight excluding hydrogens is 375 g/mol. The first kappa shape index (κ1) is 19.3. The summed E-state index contributed by atoms with van der Waals surface area (Å²) in [6, 6.07) is 12.4. The molecule has 0 spiro atoms. The lowest BCUT2D eigenvalue weighted by Crippen LogP contribution is -2.97. The molecule has 0 aromatic heterocycles. The summed E-state index contributed by atoms with van der Waals surface area (Å²) in [7, 11) is 1.26. The number of nitrogens with two attached hydrogens (primary N) is 1. The van der Waals surface area contributed by atoms with Crippen LogP contribution in [-0.4, -0.2) is 30.4 Å². The van der Waals surface area contributed by atoms with E-state index in [1.807, 2.05) is 19.1 Å². The van der Waals surface area contributed by atoms with Crippen LogP contribution in [0.3, 0.4) is 0 Å². The maximum atomic E-state index is 13.4. The number of anilines is 1. The van der Waals surface area contributed by atoms with E-state index in [-0.39, 0.29) is 5.91 Å². The number of hydrogen-bond donors (Lipinski definition) is 1. The van der Waals surface area contributed by atoms with Gasteiger partial charge in [-0.25, -0.2) is 14.1 Å². The van der Waals surface area contributed by atoms with Crippen LogP contribution in [-0.2, 0) is 19.1 Å². The number of imide groups is 1. The molecule has 29 heavy (non-hydrogen) atoms. The number of hydrogen-bond acceptors (Lipinski definition) is 4. The zero-order chi connectivity index (χ0) is 20.9. The molecule has 4 rings (SSSR count). The third-order valence-electron chi connectivity index (χ3n) is 6.08. The van der Waals surface area contributed by atoms with Crippen LogP contribution in [0, 0.1) is 24.6 Å². The highest BCUT2D eigenvalue weighted by Crippen LogP contribution is 2.45. The topological polar surface area (TPSA) is 80.3 Å². The summed E-state index contributed by atoms with van der Waals surface area (Å²) in [5.41, 5.74) is 0.904. The number of methoxy groups -OCH3 is 1. The zero-order valence-corrected chi connectivity index (χ0v) is 16.4. The summed E-state index contributed by atoms with van der Waals surface area (Å²) in [5, 5.41) is 1.71. The number of amides is 2. The van der Waals surface area contributed by atoms with Gasteiger partial charge in [0.1, 0.15) is 23.7 Å². The minimum absolute atomic E-state index is 0.359. The van der Waals surface area contributed by atoms with Gasteiger partial charge in [-0.1, -0.05) is 29.8 Å². The number of aryl methyl sites for hydroxylation is 1. The van der Waals surface area contributed by atoms with E-state index < -0.39 is 41.1 Å². The lowest BCUT2D eigenvalue weighted by atomic mass is 9.80.